The summed E-state index contributed by atoms with van der Waals surface area (Å²) in [7, 11) is 0. The first kappa shape index (κ1) is 21.1. The summed E-state index contributed by atoms with van der Waals surface area (Å²) in [5.41, 5.74) is 5.27. The lowest BCUT2D eigenvalue weighted by atomic mass is 9.90. The maximum atomic E-state index is 11.2. The summed E-state index contributed by atoms with van der Waals surface area (Å²) in [6, 6.07) is 20.2. The van der Waals surface area contributed by atoms with E-state index in [4.69, 9.17) is 14.6 Å². The molecule has 33 heavy (non-hydrogen) atoms. The summed E-state index contributed by atoms with van der Waals surface area (Å²) in [6.07, 6.45) is 2.87. The van der Waals surface area contributed by atoms with E-state index in [1.54, 1.807) is 0 Å². The number of hydrogen-bond acceptors (Lipinski definition) is 4. The van der Waals surface area contributed by atoms with Gasteiger partial charge in [-0.25, -0.2) is 0 Å². The van der Waals surface area contributed by atoms with Gasteiger partial charge in [0.2, 0.25) is 0 Å². The molecule has 1 atom stereocenters. The van der Waals surface area contributed by atoms with Gasteiger partial charge in [0.1, 0.15) is 6.61 Å². The third-order valence-corrected chi connectivity index (χ3v) is 6.07. The maximum absolute atomic E-state index is 11.2. The van der Waals surface area contributed by atoms with Gasteiger partial charge in [-0.15, -0.1) is 0 Å². The smallest absolute Gasteiger partial charge is 0.303 e. The third-order valence-electron chi connectivity index (χ3n) is 6.07. The van der Waals surface area contributed by atoms with Crippen LogP contribution in [0.5, 0.6) is 11.5 Å². The molecule has 1 aromatic heterocycles. The zero-order valence-electron chi connectivity index (χ0n) is 18.5. The van der Waals surface area contributed by atoms with Crippen molar-refractivity contribution in [1.29, 1.82) is 0 Å². The molecule has 5 rings (SSSR count). The number of carbonyl (C=O) groups is 1. The number of hydrogen-bond donors (Lipinski definition) is 1. The van der Waals surface area contributed by atoms with Crippen molar-refractivity contribution in [1.82, 2.24) is 9.78 Å². The van der Waals surface area contributed by atoms with Crippen LogP contribution < -0.4 is 9.47 Å². The number of para-hydroxylation sites is 1. The minimum Gasteiger partial charge on any atom is -0.489 e. The van der Waals surface area contributed by atoms with Crippen molar-refractivity contribution in [2.24, 2.45) is 0 Å². The Bertz CT molecular complexity index is 1300. The van der Waals surface area contributed by atoms with Crippen LogP contribution in [-0.4, -0.2) is 27.5 Å². The first-order valence-electron chi connectivity index (χ1n) is 11.2. The lowest BCUT2D eigenvalue weighted by Gasteiger charge is -2.26. The molecule has 0 amide bonds. The first-order chi connectivity index (χ1) is 16.1. The summed E-state index contributed by atoms with van der Waals surface area (Å²) in [5.74, 6) is 0.475. The van der Waals surface area contributed by atoms with Gasteiger partial charge in [0.05, 0.1) is 25.1 Å². The highest BCUT2D eigenvalue weighted by Crippen LogP contribution is 2.42. The summed E-state index contributed by atoms with van der Waals surface area (Å²) in [6.45, 7) is 3.68. The fourth-order valence-electron chi connectivity index (χ4n) is 4.54. The van der Waals surface area contributed by atoms with E-state index >= 15 is 0 Å². The van der Waals surface area contributed by atoms with Crippen LogP contribution in [0.25, 0.3) is 10.9 Å². The molecule has 1 aliphatic rings. The molecule has 0 saturated carbocycles. The van der Waals surface area contributed by atoms with Gasteiger partial charge in [-0.05, 0) is 42.2 Å². The number of fused-ring (bicyclic) bond motifs is 2. The van der Waals surface area contributed by atoms with E-state index in [-0.39, 0.29) is 12.3 Å². The van der Waals surface area contributed by atoms with Crippen LogP contribution in [0.3, 0.4) is 0 Å². The molecule has 168 valence electrons. The minimum absolute atomic E-state index is 0.0520. The standard InChI is InChI=1S/C27H26N2O4/c1-18-12-20(13-22-16-29(28-26(18)22)15-19-6-3-2-4-7-19)17-33-24-9-5-8-23-21(14-25(30)31)10-11-32-27(23)24/h2-9,12-13,16,21H,10-11,14-15,17H2,1H3,(H,30,31). The monoisotopic (exact) mass is 442 g/mol. The fraction of sp³-hybridized carbons (Fsp3) is 0.259. The molecule has 2 heterocycles. The summed E-state index contributed by atoms with van der Waals surface area (Å²) in [4.78, 5) is 11.2. The minimum atomic E-state index is -0.796. The van der Waals surface area contributed by atoms with Gasteiger partial charge in [-0.3, -0.25) is 9.48 Å². The molecule has 6 nitrogen and oxygen atoms in total. The topological polar surface area (TPSA) is 73.6 Å². The van der Waals surface area contributed by atoms with Crippen LogP contribution in [-0.2, 0) is 17.9 Å². The average molecular weight is 443 g/mol. The molecular weight excluding hydrogens is 416 g/mol. The number of aromatic nitrogens is 2. The molecule has 1 aliphatic heterocycles. The second-order valence-corrected chi connectivity index (χ2v) is 8.56. The molecular formula is C27H26N2O4. The Morgan fingerprint density at radius 2 is 2.00 bits per heavy atom. The van der Waals surface area contributed by atoms with Gasteiger partial charge in [0.25, 0.3) is 0 Å². The SMILES string of the molecule is Cc1cc(COc2cccc3c2OCCC3CC(=O)O)cc2cn(Cc3ccccc3)nc12. The second-order valence-electron chi connectivity index (χ2n) is 8.56. The molecule has 0 bridgehead atoms. The van der Waals surface area contributed by atoms with Crippen molar-refractivity contribution in [2.75, 3.05) is 6.61 Å². The predicted molar refractivity (Wildman–Crippen MR) is 126 cm³/mol. The van der Waals surface area contributed by atoms with E-state index in [0.29, 0.717) is 31.1 Å². The van der Waals surface area contributed by atoms with Gasteiger partial charge in [-0.2, -0.15) is 5.10 Å². The molecule has 0 aliphatic carbocycles. The molecule has 1 unspecified atom stereocenters. The maximum Gasteiger partial charge on any atom is 0.303 e. The molecule has 0 saturated heterocycles. The van der Waals surface area contributed by atoms with Crippen LogP contribution in [0.1, 0.15) is 41.0 Å². The van der Waals surface area contributed by atoms with Gasteiger partial charge < -0.3 is 14.6 Å². The number of carboxylic acid groups (broad SMARTS) is 1. The molecule has 0 spiro atoms. The number of ether oxygens (including phenoxy) is 2. The van der Waals surface area contributed by atoms with E-state index in [0.717, 1.165) is 34.1 Å². The van der Waals surface area contributed by atoms with E-state index in [2.05, 4.69) is 37.4 Å². The number of aliphatic carboxylic acids is 1. The lowest BCUT2D eigenvalue weighted by Crippen LogP contribution is -2.17. The Balaban J connectivity index is 1.35. The number of benzene rings is 3. The third kappa shape index (κ3) is 4.55. The van der Waals surface area contributed by atoms with Crippen molar-refractivity contribution in [3.05, 3.63) is 89.1 Å². The molecule has 6 heteroatoms. The van der Waals surface area contributed by atoms with Crippen molar-refractivity contribution >= 4 is 16.9 Å². The Labute approximate surface area is 192 Å². The summed E-state index contributed by atoms with van der Waals surface area (Å²) < 4.78 is 14.0. The summed E-state index contributed by atoms with van der Waals surface area (Å²) in [5, 5.41) is 15.1. The van der Waals surface area contributed by atoms with E-state index in [1.165, 1.54) is 5.56 Å². The quantitative estimate of drug-likeness (QED) is 0.420. The fourth-order valence-corrected chi connectivity index (χ4v) is 4.54. The van der Waals surface area contributed by atoms with Gasteiger partial charge in [0, 0.05) is 23.1 Å². The predicted octanol–water partition coefficient (Wildman–Crippen LogP) is 5.31. The number of carboxylic acids is 1. The Hall–Kier alpha value is -3.80. The summed E-state index contributed by atoms with van der Waals surface area (Å²) >= 11 is 0. The first-order valence-corrected chi connectivity index (χ1v) is 11.2. The zero-order valence-corrected chi connectivity index (χ0v) is 18.5. The molecule has 0 fully saturated rings. The molecule has 3 aromatic carbocycles. The highest BCUT2D eigenvalue weighted by atomic mass is 16.5. The van der Waals surface area contributed by atoms with Crippen molar-refractivity contribution < 1.29 is 19.4 Å². The highest BCUT2D eigenvalue weighted by Gasteiger charge is 2.26. The lowest BCUT2D eigenvalue weighted by molar-refractivity contribution is -0.137. The van der Waals surface area contributed by atoms with Crippen LogP contribution in [0, 0.1) is 6.92 Å². The number of nitrogens with zero attached hydrogens (tertiary/aromatic N) is 2. The zero-order chi connectivity index (χ0) is 22.8. The molecule has 4 aromatic rings. The number of aryl methyl sites for hydroxylation is 1. The van der Waals surface area contributed by atoms with Crippen LogP contribution in [0.15, 0.2) is 66.9 Å². The van der Waals surface area contributed by atoms with Gasteiger partial charge in [-0.1, -0.05) is 48.5 Å². The van der Waals surface area contributed by atoms with Crippen molar-refractivity contribution in [2.45, 2.75) is 38.8 Å². The van der Waals surface area contributed by atoms with E-state index in [9.17, 15) is 9.90 Å². The van der Waals surface area contributed by atoms with Crippen molar-refractivity contribution in [3.63, 3.8) is 0 Å². The Morgan fingerprint density at radius 1 is 1.15 bits per heavy atom. The van der Waals surface area contributed by atoms with Crippen molar-refractivity contribution in [3.8, 4) is 11.5 Å². The van der Waals surface area contributed by atoms with E-state index < -0.39 is 5.97 Å². The molecule has 0 radical (unpaired) electrons. The largest absolute Gasteiger partial charge is 0.489 e. The van der Waals surface area contributed by atoms with Gasteiger partial charge in [0.15, 0.2) is 11.5 Å². The van der Waals surface area contributed by atoms with Crippen LogP contribution in [0.2, 0.25) is 0 Å². The Kier molecular flexibility index (Phi) is 5.73. The van der Waals surface area contributed by atoms with E-state index in [1.807, 2.05) is 41.1 Å². The Morgan fingerprint density at radius 3 is 2.82 bits per heavy atom. The number of rotatable bonds is 7. The second kappa shape index (κ2) is 8.98. The average Bonchev–Trinajstić information content (AvgIpc) is 3.21. The normalized spacial score (nSPS) is 15.1. The van der Waals surface area contributed by atoms with Gasteiger partial charge >= 0.3 is 5.97 Å². The highest BCUT2D eigenvalue weighted by molar-refractivity contribution is 5.82. The van der Waals surface area contributed by atoms with Crippen LogP contribution >= 0.6 is 0 Å². The molecule has 1 N–H and O–H groups in total. The van der Waals surface area contributed by atoms with Crippen LogP contribution in [0.4, 0.5) is 0 Å².